The Labute approximate surface area is 195 Å². The molecule has 8 nitrogen and oxygen atoms in total. The first-order valence-electron chi connectivity index (χ1n) is 9.72. The van der Waals surface area contributed by atoms with Gasteiger partial charge in [0.1, 0.15) is 5.82 Å². The number of carbonyl (C=O) groups is 1. The Morgan fingerprint density at radius 1 is 1.06 bits per heavy atom. The van der Waals surface area contributed by atoms with Gasteiger partial charge in [0.05, 0.1) is 31.2 Å². The van der Waals surface area contributed by atoms with E-state index in [2.05, 4.69) is 15.3 Å². The predicted octanol–water partition coefficient (Wildman–Crippen LogP) is 3.23. The Kier molecular flexibility index (Phi) is 7.83. The summed E-state index contributed by atoms with van der Waals surface area (Å²) >= 11 is 6.03. The number of methoxy groups -OCH3 is 2. The smallest absolute Gasteiger partial charge is 0.271 e. The summed E-state index contributed by atoms with van der Waals surface area (Å²) < 4.78 is 48.9. The number of carbonyl (C=O) groups excluding carboxylic acids is 1. The summed E-state index contributed by atoms with van der Waals surface area (Å²) in [5.41, 5.74) is 0.997. The maximum atomic E-state index is 13.1. The van der Waals surface area contributed by atoms with Crippen LogP contribution in [0.4, 0.5) is 4.39 Å². The van der Waals surface area contributed by atoms with Crippen LogP contribution in [0.15, 0.2) is 53.8 Å². The lowest BCUT2D eigenvalue weighted by Gasteiger charge is -2.10. The summed E-state index contributed by atoms with van der Waals surface area (Å²) in [6.07, 6.45) is 1.54. The van der Waals surface area contributed by atoms with Crippen LogP contribution in [0.25, 0.3) is 0 Å². The summed E-state index contributed by atoms with van der Waals surface area (Å²) in [7, 11) is -0.917. The molecule has 33 heavy (non-hydrogen) atoms. The molecule has 0 radical (unpaired) electrons. The molecule has 0 saturated heterocycles. The van der Waals surface area contributed by atoms with Gasteiger partial charge in [-0.2, -0.15) is 0 Å². The van der Waals surface area contributed by atoms with Gasteiger partial charge in [-0.15, -0.1) is 0 Å². The van der Waals surface area contributed by atoms with E-state index in [1.54, 1.807) is 12.1 Å². The van der Waals surface area contributed by atoms with Gasteiger partial charge in [-0.05, 0) is 41.8 Å². The van der Waals surface area contributed by atoms with Crippen LogP contribution in [-0.2, 0) is 22.0 Å². The quantitative estimate of drug-likeness (QED) is 0.456. The minimum Gasteiger partial charge on any atom is -0.493 e. The maximum absolute atomic E-state index is 13.1. The second-order valence-electron chi connectivity index (χ2n) is 6.93. The summed E-state index contributed by atoms with van der Waals surface area (Å²) in [5, 5.41) is 2.04. The van der Waals surface area contributed by atoms with Gasteiger partial charge in [0.25, 0.3) is 5.91 Å². The highest BCUT2D eigenvalue weighted by Gasteiger charge is 2.23. The fourth-order valence-electron chi connectivity index (χ4n) is 2.96. The number of sulfone groups is 1. The molecule has 0 fully saturated rings. The maximum Gasteiger partial charge on any atom is 0.271 e. The van der Waals surface area contributed by atoms with Crippen LogP contribution in [-0.4, -0.2) is 45.1 Å². The van der Waals surface area contributed by atoms with E-state index in [-0.39, 0.29) is 17.3 Å². The molecule has 0 spiro atoms. The number of nitrogens with zero attached hydrogens (tertiary/aromatic N) is 2. The van der Waals surface area contributed by atoms with Crippen LogP contribution in [0.5, 0.6) is 11.5 Å². The van der Waals surface area contributed by atoms with E-state index in [9.17, 15) is 17.6 Å². The van der Waals surface area contributed by atoms with Crippen molar-refractivity contribution in [1.29, 1.82) is 0 Å². The van der Waals surface area contributed by atoms with Crippen LogP contribution in [0.2, 0.25) is 5.02 Å². The van der Waals surface area contributed by atoms with Crippen molar-refractivity contribution in [1.82, 2.24) is 15.3 Å². The zero-order valence-electron chi connectivity index (χ0n) is 17.8. The average Bonchev–Trinajstić information content (AvgIpc) is 2.80. The van der Waals surface area contributed by atoms with Crippen molar-refractivity contribution in [2.24, 2.45) is 0 Å². The Morgan fingerprint density at radius 2 is 1.73 bits per heavy atom. The van der Waals surface area contributed by atoms with E-state index in [4.69, 9.17) is 21.1 Å². The van der Waals surface area contributed by atoms with Crippen LogP contribution >= 0.6 is 11.6 Å². The number of hydrogen-bond donors (Lipinski definition) is 1. The van der Waals surface area contributed by atoms with E-state index in [1.807, 2.05) is 6.07 Å². The molecule has 1 N–H and O–H groups in total. The van der Waals surface area contributed by atoms with E-state index in [0.29, 0.717) is 23.5 Å². The SMILES string of the molecule is COc1ccc(CCNC(=O)c2nc(S(=O)(=O)Cc3ccc(F)cc3)ncc2Cl)cc1OC. The molecule has 0 aliphatic rings. The number of aromatic nitrogens is 2. The lowest BCUT2D eigenvalue weighted by Crippen LogP contribution is -2.27. The van der Waals surface area contributed by atoms with Crippen molar-refractivity contribution >= 4 is 27.3 Å². The molecule has 1 amide bonds. The number of hydrogen-bond acceptors (Lipinski definition) is 7. The van der Waals surface area contributed by atoms with Gasteiger partial charge in [-0.1, -0.05) is 29.8 Å². The third-order valence-corrected chi connectivity index (χ3v) is 6.38. The second kappa shape index (κ2) is 10.6. The van der Waals surface area contributed by atoms with Crippen molar-refractivity contribution in [2.75, 3.05) is 20.8 Å². The monoisotopic (exact) mass is 493 g/mol. The zero-order valence-corrected chi connectivity index (χ0v) is 19.4. The fourth-order valence-corrected chi connectivity index (χ4v) is 4.35. The topological polar surface area (TPSA) is 107 Å². The number of nitrogens with one attached hydrogen (secondary N) is 1. The standard InChI is InChI=1S/C22H21ClFN3O5S/c1-31-18-8-5-14(11-19(18)32-2)9-10-25-21(28)20-17(23)12-26-22(27-20)33(29,30)13-15-3-6-16(24)7-4-15/h3-8,11-12H,9-10,13H2,1-2H3,(H,25,28). The molecule has 0 bridgehead atoms. The lowest BCUT2D eigenvalue weighted by atomic mass is 10.1. The van der Waals surface area contributed by atoms with Crippen LogP contribution in [0.3, 0.4) is 0 Å². The van der Waals surface area contributed by atoms with Crippen LogP contribution in [0.1, 0.15) is 21.6 Å². The molecule has 2 aromatic carbocycles. The molecule has 1 heterocycles. The Balaban J connectivity index is 1.69. The van der Waals surface area contributed by atoms with Gasteiger partial charge in [-0.3, -0.25) is 4.79 Å². The highest BCUT2D eigenvalue weighted by atomic mass is 35.5. The highest BCUT2D eigenvalue weighted by molar-refractivity contribution is 7.90. The largest absolute Gasteiger partial charge is 0.493 e. The molecule has 0 unspecified atom stereocenters. The van der Waals surface area contributed by atoms with Gasteiger partial charge in [0.15, 0.2) is 17.2 Å². The number of rotatable bonds is 9. The molecule has 0 aliphatic carbocycles. The van der Waals surface area contributed by atoms with Crippen LogP contribution < -0.4 is 14.8 Å². The molecule has 3 rings (SSSR count). The van der Waals surface area contributed by atoms with Gasteiger partial charge in [0.2, 0.25) is 15.0 Å². The first-order valence-corrected chi connectivity index (χ1v) is 11.8. The molecule has 0 saturated carbocycles. The minimum absolute atomic E-state index is 0.0839. The average molecular weight is 494 g/mol. The van der Waals surface area contributed by atoms with Gasteiger partial charge < -0.3 is 14.8 Å². The van der Waals surface area contributed by atoms with Gasteiger partial charge in [0, 0.05) is 6.54 Å². The molecular formula is C22H21ClFN3O5S. The molecule has 174 valence electrons. The lowest BCUT2D eigenvalue weighted by molar-refractivity contribution is 0.0948. The van der Waals surface area contributed by atoms with Crippen LogP contribution in [0, 0.1) is 5.82 Å². The third kappa shape index (κ3) is 6.17. The number of benzene rings is 2. The van der Waals surface area contributed by atoms with Crippen molar-refractivity contribution in [3.63, 3.8) is 0 Å². The predicted molar refractivity (Wildman–Crippen MR) is 120 cm³/mol. The summed E-state index contributed by atoms with van der Waals surface area (Å²) in [4.78, 5) is 20.2. The normalized spacial score (nSPS) is 11.2. The molecule has 1 aromatic heterocycles. The molecular weight excluding hydrogens is 473 g/mol. The van der Waals surface area contributed by atoms with E-state index in [0.717, 1.165) is 23.9 Å². The van der Waals surface area contributed by atoms with Crippen molar-refractivity contribution in [3.05, 3.63) is 76.3 Å². The molecule has 11 heteroatoms. The van der Waals surface area contributed by atoms with Gasteiger partial charge >= 0.3 is 0 Å². The number of ether oxygens (including phenoxy) is 2. The zero-order chi connectivity index (χ0) is 24.0. The second-order valence-corrected chi connectivity index (χ2v) is 9.22. The van der Waals surface area contributed by atoms with Crippen molar-refractivity contribution in [2.45, 2.75) is 17.3 Å². The van der Waals surface area contributed by atoms with Crippen molar-refractivity contribution < 1.29 is 27.1 Å². The van der Waals surface area contributed by atoms with E-state index >= 15 is 0 Å². The molecule has 0 aliphatic heterocycles. The summed E-state index contributed by atoms with van der Waals surface area (Å²) in [5.74, 6) is -0.411. The third-order valence-electron chi connectivity index (χ3n) is 4.63. The Bertz CT molecular complexity index is 1250. The van der Waals surface area contributed by atoms with E-state index in [1.165, 1.54) is 26.4 Å². The number of amides is 1. The first kappa shape index (κ1) is 24.4. The fraction of sp³-hybridized carbons (Fsp3) is 0.227. The summed E-state index contributed by atoms with van der Waals surface area (Å²) in [6, 6.07) is 10.4. The van der Waals surface area contributed by atoms with Crippen molar-refractivity contribution in [3.8, 4) is 11.5 Å². The Morgan fingerprint density at radius 3 is 2.39 bits per heavy atom. The minimum atomic E-state index is -3.99. The Hall–Kier alpha value is -3.24. The first-order chi connectivity index (χ1) is 15.7. The molecule has 0 atom stereocenters. The highest BCUT2D eigenvalue weighted by Crippen LogP contribution is 2.27. The van der Waals surface area contributed by atoms with E-state index < -0.39 is 32.5 Å². The summed E-state index contributed by atoms with van der Waals surface area (Å²) in [6.45, 7) is 0.242. The van der Waals surface area contributed by atoms with Gasteiger partial charge in [-0.25, -0.2) is 22.8 Å². The number of halogens is 2. The molecule has 3 aromatic rings.